The molecule has 32 heavy (non-hydrogen) atoms. The van der Waals surface area contributed by atoms with Crippen molar-refractivity contribution in [3.63, 3.8) is 0 Å². The van der Waals surface area contributed by atoms with Crippen LogP contribution in [-0.2, 0) is 18.3 Å². The highest BCUT2D eigenvalue weighted by atomic mass is 14.9. The summed E-state index contributed by atoms with van der Waals surface area (Å²) in [7, 11) is 0. The van der Waals surface area contributed by atoms with Crippen LogP contribution in [0.2, 0.25) is 0 Å². The van der Waals surface area contributed by atoms with Crippen LogP contribution in [0.4, 0.5) is 5.69 Å². The summed E-state index contributed by atoms with van der Waals surface area (Å²) >= 11 is 0. The highest BCUT2D eigenvalue weighted by Crippen LogP contribution is 2.44. The van der Waals surface area contributed by atoms with Gasteiger partial charge < -0.3 is 5.32 Å². The molecule has 0 atom stereocenters. The van der Waals surface area contributed by atoms with E-state index in [1.54, 1.807) is 5.56 Å². The second-order valence-electron chi connectivity index (χ2n) is 10.4. The Morgan fingerprint density at radius 1 is 0.781 bits per heavy atom. The largest absolute Gasteiger partial charge is 0.385 e. The molecule has 0 amide bonds. The third kappa shape index (κ3) is 6.63. The van der Waals surface area contributed by atoms with E-state index in [-0.39, 0.29) is 0 Å². The quantitative estimate of drug-likeness (QED) is 0.329. The van der Waals surface area contributed by atoms with Gasteiger partial charge in [-0.15, -0.1) is 0 Å². The lowest BCUT2D eigenvalue weighted by atomic mass is 9.66. The van der Waals surface area contributed by atoms with Crippen molar-refractivity contribution in [1.82, 2.24) is 0 Å². The molecular weight excluding hydrogens is 386 g/mol. The maximum Gasteiger partial charge on any atom is 0.0370 e. The molecule has 0 bridgehead atoms. The van der Waals surface area contributed by atoms with Gasteiger partial charge in [0.2, 0.25) is 0 Å². The zero-order chi connectivity index (χ0) is 22.8. The van der Waals surface area contributed by atoms with E-state index in [1.807, 2.05) is 0 Å². The van der Waals surface area contributed by atoms with Gasteiger partial charge in [-0.25, -0.2) is 0 Å². The highest BCUT2D eigenvalue weighted by molar-refractivity contribution is 5.52. The summed E-state index contributed by atoms with van der Waals surface area (Å²) in [5.41, 5.74) is 9.23. The van der Waals surface area contributed by atoms with Gasteiger partial charge in [0.1, 0.15) is 0 Å². The van der Waals surface area contributed by atoms with E-state index >= 15 is 0 Å². The van der Waals surface area contributed by atoms with E-state index in [1.165, 1.54) is 98.6 Å². The van der Waals surface area contributed by atoms with Crippen molar-refractivity contribution < 1.29 is 0 Å². The average Bonchev–Trinajstić information content (AvgIpc) is 2.80. The van der Waals surface area contributed by atoms with Gasteiger partial charge in [0, 0.05) is 12.2 Å². The molecule has 1 aliphatic rings. The number of hydrogen-bond donors (Lipinski definition) is 1. The third-order valence-corrected chi connectivity index (χ3v) is 7.84. The van der Waals surface area contributed by atoms with Crippen LogP contribution in [0.5, 0.6) is 0 Å². The van der Waals surface area contributed by atoms with Crippen molar-refractivity contribution in [2.75, 3.05) is 11.9 Å². The molecule has 1 aliphatic carbocycles. The summed E-state index contributed by atoms with van der Waals surface area (Å²) in [4.78, 5) is 0. The van der Waals surface area contributed by atoms with Gasteiger partial charge in [-0.3, -0.25) is 0 Å². The van der Waals surface area contributed by atoms with Gasteiger partial charge in [0.25, 0.3) is 0 Å². The fourth-order valence-electron chi connectivity index (χ4n) is 5.69. The summed E-state index contributed by atoms with van der Waals surface area (Å²) in [6.07, 6.45) is 17.3. The summed E-state index contributed by atoms with van der Waals surface area (Å²) in [6.45, 7) is 10.2. The van der Waals surface area contributed by atoms with Gasteiger partial charge in [-0.05, 0) is 91.7 Å². The van der Waals surface area contributed by atoms with Gasteiger partial charge in [-0.1, -0.05) is 89.1 Å². The first-order valence-corrected chi connectivity index (χ1v) is 13.5. The Hall–Kier alpha value is -1.76. The Kier molecular flexibility index (Phi) is 9.69. The molecule has 176 valence electrons. The molecule has 0 saturated heterocycles. The topological polar surface area (TPSA) is 12.0 Å². The minimum atomic E-state index is 0.453. The average molecular weight is 434 g/mol. The number of rotatable bonds is 12. The van der Waals surface area contributed by atoms with Crippen LogP contribution in [0.25, 0.3) is 0 Å². The fraction of sp³-hybridized carbons (Fsp3) is 0.613. The number of anilines is 1. The zero-order valence-corrected chi connectivity index (χ0v) is 21.4. The van der Waals surface area contributed by atoms with Crippen molar-refractivity contribution in [3.8, 4) is 0 Å². The molecule has 3 rings (SSSR count). The minimum absolute atomic E-state index is 0.453. The van der Waals surface area contributed by atoms with Crippen molar-refractivity contribution in [2.45, 2.75) is 117 Å². The number of benzene rings is 2. The molecule has 0 aliphatic heterocycles. The Balaban J connectivity index is 1.65. The van der Waals surface area contributed by atoms with E-state index < -0.39 is 0 Å². The van der Waals surface area contributed by atoms with Crippen molar-refractivity contribution in [3.05, 3.63) is 64.2 Å². The second-order valence-corrected chi connectivity index (χ2v) is 10.4. The van der Waals surface area contributed by atoms with Gasteiger partial charge >= 0.3 is 0 Å². The normalized spacial score (nSPS) is 15.6. The van der Waals surface area contributed by atoms with Gasteiger partial charge in [0.15, 0.2) is 0 Å². The maximum atomic E-state index is 3.58. The summed E-state index contributed by atoms with van der Waals surface area (Å²) in [6, 6.07) is 14.5. The lowest BCUT2D eigenvalue weighted by Crippen LogP contribution is -2.29. The summed E-state index contributed by atoms with van der Waals surface area (Å²) in [5, 5.41) is 3.58. The summed E-state index contributed by atoms with van der Waals surface area (Å²) in [5.74, 6) is 0. The van der Waals surface area contributed by atoms with Crippen LogP contribution in [0.3, 0.4) is 0 Å². The molecule has 1 N–H and O–H groups in total. The number of nitrogens with one attached hydrogen (secondary N) is 1. The Morgan fingerprint density at radius 2 is 1.56 bits per heavy atom. The lowest BCUT2D eigenvalue weighted by Gasteiger charge is -2.38. The van der Waals surface area contributed by atoms with Crippen molar-refractivity contribution in [1.29, 1.82) is 0 Å². The predicted octanol–water partition coefficient (Wildman–Crippen LogP) is 9.08. The predicted molar refractivity (Wildman–Crippen MR) is 142 cm³/mol. The molecule has 1 fully saturated rings. The number of aryl methyl sites for hydroxylation is 4. The second kappa shape index (κ2) is 12.5. The lowest BCUT2D eigenvalue weighted by molar-refractivity contribution is 0.266. The summed E-state index contributed by atoms with van der Waals surface area (Å²) < 4.78 is 0. The van der Waals surface area contributed by atoms with Crippen LogP contribution >= 0.6 is 0 Å². The molecule has 1 saturated carbocycles. The zero-order valence-electron chi connectivity index (χ0n) is 21.4. The first kappa shape index (κ1) is 24.9. The molecule has 2 aromatic rings. The third-order valence-electron chi connectivity index (χ3n) is 7.84. The molecule has 0 spiro atoms. The van der Waals surface area contributed by atoms with Crippen LogP contribution in [0, 0.1) is 13.8 Å². The Bertz CT molecular complexity index is 828. The standard InChI is InChI=1S/C31H47N/c1-5-7-10-19-31(20-11-9-12-21-31)29-17-16-28(25(3)24-29)15-13-27-14-18-30(26(4)23-27)32-22-8-6-2/h14,16-18,23-24,32H,5-13,15,19-22H2,1-4H3. The number of unbranched alkanes of at least 4 members (excludes halogenated alkanes) is 3. The van der Waals surface area contributed by atoms with Crippen molar-refractivity contribution >= 4 is 5.69 Å². The molecule has 1 heteroatoms. The SMILES string of the molecule is CCCCCC1(c2ccc(CCc3ccc(NCCCC)c(C)c3)c(C)c2)CCCCC1. The molecule has 2 aromatic carbocycles. The molecule has 0 unspecified atom stereocenters. The van der Waals surface area contributed by atoms with E-state index in [4.69, 9.17) is 0 Å². The van der Waals surface area contributed by atoms with Crippen LogP contribution < -0.4 is 5.32 Å². The first-order valence-electron chi connectivity index (χ1n) is 13.5. The molecule has 0 radical (unpaired) electrons. The van der Waals surface area contributed by atoms with Crippen LogP contribution in [0.15, 0.2) is 36.4 Å². The van der Waals surface area contributed by atoms with E-state index in [0.717, 1.165) is 19.4 Å². The maximum absolute atomic E-state index is 3.58. The van der Waals surface area contributed by atoms with Gasteiger partial charge in [-0.2, -0.15) is 0 Å². The molecule has 1 nitrogen and oxygen atoms in total. The van der Waals surface area contributed by atoms with Gasteiger partial charge in [0.05, 0.1) is 0 Å². The number of hydrogen-bond acceptors (Lipinski definition) is 1. The van der Waals surface area contributed by atoms with Crippen LogP contribution in [-0.4, -0.2) is 6.54 Å². The Labute approximate surface area is 198 Å². The highest BCUT2D eigenvalue weighted by Gasteiger charge is 2.33. The fourth-order valence-corrected chi connectivity index (χ4v) is 5.69. The van der Waals surface area contributed by atoms with E-state index in [2.05, 4.69) is 69.4 Å². The smallest absolute Gasteiger partial charge is 0.0370 e. The van der Waals surface area contributed by atoms with E-state index in [0.29, 0.717) is 5.41 Å². The van der Waals surface area contributed by atoms with Crippen LogP contribution in [0.1, 0.15) is 112 Å². The monoisotopic (exact) mass is 433 g/mol. The van der Waals surface area contributed by atoms with Crippen molar-refractivity contribution in [2.24, 2.45) is 0 Å². The van der Waals surface area contributed by atoms with E-state index in [9.17, 15) is 0 Å². The minimum Gasteiger partial charge on any atom is -0.385 e. The Morgan fingerprint density at radius 3 is 2.25 bits per heavy atom. The first-order chi connectivity index (χ1) is 15.6. The molecule has 0 aromatic heterocycles. The molecule has 0 heterocycles. The molecular formula is C31H47N.